The number of hydrogen-bond donors (Lipinski definition) is 0. The van der Waals surface area contributed by atoms with Crippen molar-refractivity contribution in [3.05, 3.63) is 46.0 Å². The maximum Gasteiger partial charge on any atom is 0.205 e. The van der Waals surface area contributed by atoms with Gasteiger partial charge in [-0.25, -0.2) is 0 Å². The minimum absolute atomic E-state index is 0.00801. The smallest absolute Gasteiger partial charge is 0.205 e. The van der Waals surface area contributed by atoms with Gasteiger partial charge in [-0.3, -0.25) is 9.59 Å². The van der Waals surface area contributed by atoms with E-state index in [1.807, 2.05) is 6.92 Å². The first-order valence-corrected chi connectivity index (χ1v) is 4.54. The summed E-state index contributed by atoms with van der Waals surface area (Å²) in [6.45, 7) is 1.87. The van der Waals surface area contributed by atoms with Crippen LogP contribution >= 0.6 is 11.6 Å². The molecule has 2 nitrogen and oxygen atoms in total. The summed E-state index contributed by atoms with van der Waals surface area (Å²) in [5.74, 6) is -0.477. The van der Waals surface area contributed by atoms with Crippen molar-refractivity contribution in [1.29, 1.82) is 0 Å². The lowest BCUT2D eigenvalue weighted by Gasteiger charge is -2.11. The zero-order chi connectivity index (χ0) is 10.3. The van der Waals surface area contributed by atoms with Crippen molar-refractivity contribution in [3.8, 4) is 0 Å². The number of benzene rings is 1. The Kier molecular flexibility index (Phi) is 2.01. The van der Waals surface area contributed by atoms with E-state index in [1.54, 1.807) is 18.2 Å². The lowest BCUT2D eigenvalue weighted by molar-refractivity contribution is 0.0990. The highest BCUT2D eigenvalue weighted by molar-refractivity contribution is 6.49. The summed E-state index contributed by atoms with van der Waals surface area (Å²) in [6, 6.07) is 5.13. The zero-order valence-corrected chi connectivity index (χ0v) is 8.26. The molecule has 0 N–H and O–H groups in total. The van der Waals surface area contributed by atoms with Gasteiger partial charge in [0, 0.05) is 17.2 Å². The van der Waals surface area contributed by atoms with E-state index in [0.29, 0.717) is 11.1 Å². The standard InChI is InChI=1S/C11H7ClO2/c1-6-2-3-7-8(4-6)10(13)5-9(12)11(7)14/h2-5H,1H3. The van der Waals surface area contributed by atoms with Crippen LogP contribution in [0.5, 0.6) is 0 Å². The molecule has 0 aliphatic heterocycles. The van der Waals surface area contributed by atoms with Gasteiger partial charge >= 0.3 is 0 Å². The van der Waals surface area contributed by atoms with Crippen LogP contribution in [0.25, 0.3) is 0 Å². The van der Waals surface area contributed by atoms with Crippen molar-refractivity contribution in [3.63, 3.8) is 0 Å². The number of allylic oxidation sites excluding steroid dienone is 2. The molecule has 1 aliphatic carbocycles. The second-order valence-corrected chi connectivity index (χ2v) is 3.64. The predicted octanol–water partition coefficient (Wildman–Crippen LogP) is 2.50. The van der Waals surface area contributed by atoms with E-state index < -0.39 is 0 Å². The topological polar surface area (TPSA) is 34.1 Å². The summed E-state index contributed by atoms with van der Waals surface area (Å²) in [7, 11) is 0. The van der Waals surface area contributed by atoms with Crippen LogP contribution in [0.1, 0.15) is 26.3 Å². The number of halogens is 1. The highest BCUT2D eigenvalue weighted by Gasteiger charge is 2.23. The van der Waals surface area contributed by atoms with E-state index in [0.717, 1.165) is 5.56 Å². The molecule has 0 heterocycles. The normalized spacial score (nSPS) is 15.1. The van der Waals surface area contributed by atoms with Crippen molar-refractivity contribution < 1.29 is 9.59 Å². The van der Waals surface area contributed by atoms with Crippen molar-refractivity contribution in [2.75, 3.05) is 0 Å². The molecule has 1 aromatic carbocycles. The summed E-state index contributed by atoms with van der Waals surface area (Å²) in [6.07, 6.45) is 1.17. The minimum atomic E-state index is -0.277. The van der Waals surface area contributed by atoms with Gasteiger partial charge in [-0.2, -0.15) is 0 Å². The number of hydrogen-bond acceptors (Lipinski definition) is 2. The SMILES string of the molecule is Cc1ccc2c(c1)C(=O)C=C(Cl)C2=O. The molecule has 0 atom stereocenters. The molecule has 70 valence electrons. The number of ketones is 2. The highest BCUT2D eigenvalue weighted by Crippen LogP contribution is 2.23. The summed E-state index contributed by atoms with van der Waals surface area (Å²) in [5, 5.41) is -0.00801. The molecule has 14 heavy (non-hydrogen) atoms. The fourth-order valence-corrected chi connectivity index (χ4v) is 1.65. The second kappa shape index (κ2) is 3.07. The van der Waals surface area contributed by atoms with Crippen LogP contribution in [-0.4, -0.2) is 11.6 Å². The van der Waals surface area contributed by atoms with Crippen LogP contribution < -0.4 is 0 Å². The van der Waals surface area contributed by atoms with Gasteiger partial charge in [-0.1, -0.05) is 23.2 Å². The summed E-state index contributed by atoms with van der Waals surface area (Å²) in [5.41, 5.74) is 1.80. The Hall–Kier alpha value is -1.41. The number of Topliss-reactive ketones (excluding diaryl/α,β-unsaturated/α-hetero) is 1. The van der Waals surface area contributed by atoms with E-state index in [2.05, 4.69) is 0 Å². The maximum atomic E-state index is 11.5. The molecule has 0 saturated heterocycles. The Morgan fingerprint density at radius 1 is 1.14 bits per heavy atom. The molecule has 0 radical (unpaired) electrons. The van der Waals surface area contributed by atoms with Gasteiger partial charge in [0.25, 0.3) is 0 Å². The lowest BCUT2D eigenvalue weighted by Crippen LogP contribution is -2.14. The first-order chi connectivity index (χ1) is 6.59. The van der Waals surface area contributed by atoms with Gasteiger partial charge in [-0.05, 0) is 19.1 Å². The summed E-state index contributed by atoms with van der Waals surface area (Å²) in [4.78, 5) is 23.0. The van der Waals surface area contributed by atoms with Crippen LogP contribution in [-0.2, 0) is 0 Å². The molecule has 0 saturated carbocycles. The molecule has 0 unspecified atom stereocenters. The fourth-order valence-electron chi connectivity index (χ4n) is 1.45. The Labute approximate surface area is 86.2 Å². The largest absolute Gasteiger partial charge is 0.289 e. The Morgan fingerprint density at radius 3 is 2.57 bits per heavy atom. The predicted molar refractivity (Wildman–Crippen MR) is 53.8 cm³/mol. The van der Waals surface area contributed by atoms with Crippen LogP contribution in [0.4, 0.5) is 0 Å². The van der Waals surface area contributed by atoms with Gasteiger partial charge in [-0.15, -0.1) is 0 Å². The molecule has 0 fully saturated rings. The number of rotatable bonds is 0. The fraction of sp³-hybridized carbons (Fsp3) is 0.0909. The van der Waals surface area contributed by atoms with Crippen molar-refractivity contribution >= 4 is 23.2 Å². The lowest BCUT2D eigenvalue weighted by atomic mass is 9.93. The molecule has 0 amide bonds. The third-order valence-corrected chi connectivity index (χ3v) is 2.44. The van der Waals surface area contributed by atoms with E-state index in [9.17, 15) is 9.59 Å². The Balaban J connectivity index is 2.69. The number of carbonyl (C=O) groups excluding carboxylic acids is 2. The molecule has 0 spiro atoms. The van der Waals surface area contributed by atoms with Crippen molar-refractivity contribution in [1.82, 2.24) is 0 Å². The monoisotopic (exact) mass is 206 g/mol. The van der Waals surface area contributed by atoms with Gasteiger partial charge in [0.2, 0.25) is 5.78 Å². The molecule has 1 aromatic rings. The second-order valence-electron chi connectivity index (χ2n) is 3.23. The maximum absolute atomic E-state index is 11.5. The first kappa shape index (κ1) is 9.16. The number of fused-ring (bicyclic) bond motifs is 1. The van der Waals surface area contributed by atoms with Gasteiger partial charge in [0.05, 0.1) is 5.03 Å². The molecule has 2 rings (SSSR count). The quantitative estimate of drug-likeness (QED) is 0.654. The van der Waals surface area contributed by atoms with Crippen LogP contribution in [0.2, 0.25) is 0 Å². The number of aryl methyl sites for hydroxylation is 1. The Morgan fingerprint density at radius 2 is 1.86 bits per heavy atom. The van der Waals surface area contributed by atoms with Gasteiger partial charge < -0.3 is 0 Å². The minimum Gasteiger partial charge on any atom is -0.289 e. The summed E-state index contributed by atoms with van der Waals surface area (Å²) >= 11 is 5.62. The molecular weight excluding hydrogens is 200 g/mol. The average molecular weight is 207 g/mol. The molecular formula is C11H7ClO2. The first-order valence-electron chi connectivity index (χ1n) is 4.16. The van der Waals surface area contributed by atoms with Crippen molar-refractivity contribution in [2.45, 2.75) is 6.92 Å². The van der Waals surface area contributed by atoms with E-state index in [1.165, 1.54) is 6.08 Å². The molecule has 0 aromatic heterocycles. The third kappa shape index (κ3) is 1.28. The van der Waals surface area contributed by atoms with E-state index in [4.69, 9.17) is 11.6 Å². The van der Waals surface area contributed by atoms with E-state index in [-0.39, 0.29) is 16.6 Å². The molecule has 3 heteroatoms. The van der Waals surface area contributed by atoms with Gasteiger partial charge in [0.15, 0.2) is 5.78 Å². The van der Waals surface area contributed by atoms with Crippen LogP contribution in [0, 0.1) is 6.92 Å². The third-order valence-electron chi connectivity index (χ3n) is 2.16. The number of carbonyl (C=O) groups is 2. The zero-order valence-electron chi connectivity index (χ0n) is 7.50. The summed E-state index contributed by atoms with van der Waals surface area (Å²) < 4.78 is 0. The molecule has 1 aliphatic rings. The van der Waals surface area contributed by atoms with E-state index >= 15 is 0 Å². The van der Waals surface area contributed by atoms with Crippen LogP contribution in [0.3, 0.4) is 0 Å². The highest BCUT2D eigenvalue weighted by atomic mass is 35.5. The van der Waals surface area contributed by atoms with Gasteiger partial charge in [0.1, 0.15) is 0 Å². The molecule has 0 bridgehead atoms. The van der Waals surface area contributed by atoms with Crippen molar-refractivity contribution in [2.24, 2.45) is 0 Å². The average Bonchev–Trinajstić information content (AvgIpc) is 2.14. The van der Waals surface area contributed by atoms with Crippen LogP contribution in [0.15, 0.2) is 29.3 Å². The Bertz CT molecular complexity index is 472.